The summed E-state index contributed by atoms with van der Waals surface area (Å²) >= 11 is 0. The molecule has 0 radical (unpaired) electrons. The van der Waals surface area contributed by atoms with Gasteiger partial charge in [-0.15, -0.1) is 0 Å². The minimum Gasteiger partial charge on any atom is -0.408 e. The number of fused-ring (bicyclic) bond motifs is 1. The molecule has 4 heterocycles. The summed E-state index contributed by atoms with van der Waals surface area (Å²) < 4.78 is 13.7. The van der Waals surface area contributed by atoms with Crippen molar-refractivity contribution in [3.05, 3.63) is 52.6 Å². The van der Waals surface area contributed by atoms with Crippen LogP contribution in [0.1, 0.15) is 30.3 Å². The summed E-state index contributed by atoms with van der Waals surface area (Å²) in [6.07, 6.45) is 4.15. The summed E-state index contributed by atoms with van der Waals surface area (Å²) in [4.78, 5) is 44.6. The van der Waals surface area contributed by atoms with Gasteiger partial charge in [0.15, 0.2) is 11.4 Å². The Bertz CT molecular complexity index is 1340. The minimum atomic E-state index is -0.801. The summed E-state index contributed by atoms with van der Waals surface area (Å²) in [5, 5.41) is 6.23. The molecule has 152 valence electrons. The van der Waals surface area contributed by atoms with Crippen LogP contribution in [0.2, 0.25) is 0 Å². The van der Waals surface area contributed by atoms with Gasteiger partial charge in [0.05, 0.1) is 11.9 Å². The first-order valence-electron chi connectivity index (χ1n) is 9.27. The average Bonchev–Trinajstić information content (AvgIpc) is 3.41. The number of imide groups is 1. The van der Waals surface area contributed by atoms with Crippen LogP contribution in [0.4, 0.5) is 0 Å². The molecule has 1 atom stereocenters. The van der Waals surface area contributed by atoms with E-state index in [1.165, 1.54) is 4.57 Å². The highest BCUT2D eigenvalue weighted by Crippen LogP contribution is 2.25. The fraction of sp³-hybridized carbons (Fsp3) is 0.263. The van der Waals surface area contributed by atoms with Crippen LogP contribution < -0.4 is 11.1 Å². The second-order valence-electron chi connectivity index (χ2n) is 7.06. The second-order valence-corrected chi connectivity index (χ2v) is 7.06. The normalized spacial score (nSPS) is 16.9. The molecule has 5 rings (SSSR count). The Kier molecular flexibility index (Phi) is 4.09. The summed E-state index contributed by atoms with van der Waals surface area (Å²) in [5.41, 5.74) is 1.61. The quantitative estimate of drug-likeness (QED) is 0.493. The number of nitrogens with one attached hydrogen (secondary N) is 1. The third kappa shape index (κ3) is 3.00. The number of aryl methyl sites for hydroxylation is 1. The zero-order chi connectivity index (χ0) is 20.8. The number of nitrogens with zero attached hydrogens (tertiary/aromatic N) is 5. The third-order valence-electron chi connectivity index (χ3n) is 5.04. The lowest BCUT2D eigenvalue weighted by atomic mass is 10.1. The van der Waals surface area contributed by atoms with Crippen LogP contribution in [-0.4, -0.2) is 36.1 Å². The number of hydrogen-bond donors (Lipinski definition) is 1. The smallest absolute Gasteiger partial charge is 0.408 e. The fourth-order valence-electron chi connectivity index (χ4n) is 3.59. The SMILES string of the molecule is Cn1ccnc1-c1noc(Cc2ccc3oc(=O)n(C4CCC(=O)NC4=O)c3c2)n1. The van der Waals surface area contributed by atoms with Crippen molar-refractivity contribution >= 4 is 22.9 Å². The zero-order valence-electron chi connectivity index (χ0n) is 15.9. The van der Waals surface area contributed by atoms with Gasteiger partial charge in [0.2, 0.25) is 23.5 Å². The van der Waals surface area contributed by atoms with Crippen LogP contribution in [-0.2, 0) is 23.1 Å². The van der Waals surface area contributed by atoms with Crippen molar-refractivity contribution in [1.82, 2.24) is 29.6 Å². The van der Waals surface area contributed by atoms with E-state index in [1.807, 2.05) is 7.05 Å². The van der Waals surface area contributed by atoms with Gasteiger partial charge in [0, 0.05) is 25.9 Å². The first kappa shape index (κ1) is 18.0. The molecule has 30 heavy (non-hydrogen) atoms. The third-order valence-corrected chi connectivity index (χ3v) is 5.04. The van der Waals surface area contributed by atoms with Crippen molar-refractivity contribution < 1.29 is 18.5 Å². The molecule has 3 aromatic heterocycles. The van der Waals surface area contributed by atoms with E-state index < -0.39 is 17.7 Å². The largest absolute Gasteiger partial charge is 0.420 e. The van der Waals surface area contributed by atoms with E-state index in [0.29, 0.717) is 35.1 Å². The first-order chi connectivity index (χ1) is 14.5. The number of amides is 2. The van der Waals surface area contributed by atoms with E-state index in [1.54, 1.807) is 35.2 Å². The van der Waals surface area contributed by atoms with E-state index >= 15 is 0 Å². The molecule has 1 N–H and O–H groups in total. The number of oxazole rings is 1. The number of hydrogen-bond acceptors (Lipinski definition) is 8. The summed E-state index contributed by atoms with van der Waals surface area (Å²) in [5.74, 6) is -0.169. The lowest BCUT2D eigenvalue weighted by molar-refractivity contribution is -0.135. The molecule has 0 bridgehead atoms. The number of benzene rings is 1. The molecule has 11 heteroatoms. The zero-order valence-corrected chi connectivity index (χ0v) is 15.9. The van der Waals surface area contributed by atoms with Crippen molar-refractivity contribution in [3.63, 3.8) is 0 Å². The predicted molar refractivity (Wildman–Crippen MR) is 101 cm³/mol. The van der Waals surface area contributed by atoms with Gasteiger partial charge in [0.1, 0.15) is 6.04 Å². The Balaban J connectivity index is 1.47. The van der Waals surface area contributed by atoms with E-state index in [2.05, 4.69) is 20.4 Å². The molecule has 0 saturated carbocycles. The highest BCUT2D eigenvalue weighted by atomic mass is 16.5. The van der Waals surface area contributed by atoms with Crippen LogP contribution in [0.5, 0.6) is 0 Å². The Labute approximate surface area is 168 Å². The number of aromatic nitrogens is 5. The van der Waals surface area contributed by atoms with Crippen molar-refractivity contribution in [2.45, 2.75) is 25.3 Å². The Hall–Kier alpha value is -4.02. The van der Waals surface area contributed by atoms with Crippen LogP contribution in [0.25, 0.3) is 22.7 Å². The van der Waals surface area contributed by atoms with Crippen molar-refractivity contribution in [2.24, 2.45) is 7.05 Å². The summed E-state index contributed by atoms with van der Waals surface area (Å²) in [6, 6.07) is 4.38. The fourth-order valence-corrected chi connectivity index (χ4v) is 3.59. The topological polar surface area (TPSA) is 138 Å². The Morgan fingerprint density at radius 1 is 1.27 bits per heavy atom. The molecular formula is C19H16N6O5. The van der Waals surface area contributed by atoms with Crippen LogP contribution in [0.3, 0.4) is 0 Å². The number of imidazole rings is 1. The molecule has 0 aliphatic carbocycles. The first-order valence-corrected chi connectivity index (χ1v) is 9.27. The number of carbonyl (C=O) groups is 2. The van der Waals surface area contributed by atoms with Crippen LogP contribution >= 0.6 is 0 Å². The lowest BCUT2D eigenvalue weighted by Crippen LogP contribution is -2.43. The van der Waals surface area contributed by atoms with E-state index in [4.69, 9.17) is 8.94 Å². The maximum Gasteiger partial charge on any atom is 0.420 e. The Morgan fingerprint density at radius 2 is 2.13 bits per heavy atom. The predicted octanol–water partition coefficient (Wildman–Crippen LogP) is 0.946. The molecule has 11 nitrogen and oxygen atoms in total. The van der Waals surface area contributed by atoms with Gasteiger partial charge in [-0.1, -0.05) is 11.2 Å². The molecule has 0 spiro atoms. The molecule has 1 saturated heterocycles. The number of carbonyl (C=O) groups excluding carboxylic acids is 2. The molecule has 2 amide bonds. The van der Waals surface area contributed by atoms with Gasteiger partial charge < -0.3 is 13.5 Å². The number of rotatable bonds is 4. The molecule has 1 fully saturated rings. The number of piperidine rings is 1. The lowest BCUT2D eigenvalue weighted by Gasteiger charge is -2.21. The standard InChI is InChI=1S/C19H16N6O5/c1-24-7-6-20-17(24)16-22-15(30-23-16)9-10-2-4-13-12(8-10)25(19(28)29-13)11-3-5-14(26)21-18(11)27/h2,4,6-8,11H,3,5,9H2,1H3,(H,21,26,27). The van der Waals surface area contributed by atoms with Gasteiger partial charge in [-0.05, 0) is 24.1 Å². The maximum atomic E-state index is 12.4. The molecule has 1 unspecified atom stereocenters. The van der Waals surface area contributed by atoms with Crippen molar-refractivity contribution in [2.75, 3.05) is 0 Å². The van der Waals surface area contributed by atoms with Gasteiger partial charge in [0.25, 0.3) is 0 Å². The van der Waals surface area contributed by atoms with Crippen molar-refractivity contribution in [3.8, 4) is 11.6 Å². The maximum absolute atomic E-state index is 12.4. The molecular weight excluding hydrogens is 392 g/mol. The Morgan fingerprint density at radius 3 is 2.90 bits per heavy atom. The highest BCUT2D eigenvalue weighted by molar-refractivity contribution is 6.00. The van der Waals surface area contributed by atoms with Gasteiger partial charge in [-0.3, -0.25) is 19.5 Å². The molecule has 4 aromatic rings. The van der Waals surface area contributed by atoms with Crippen LogP contribution in [0.15, 0.2) is 44.3 Å². The van der Waals surface area contributed by atoms with E-state index in [9.17, 15) is 14.4 Å². The molecule has 1 aromatic carbocycles. The summed E-state index contributed by atoms with van der Waals surface area (Å²) in [7, 11) is 1.83. The molecule has 1 aliphatic rings. The summed E-state index contributed by atoms with van der Waals surface area (Å²) in [6.45, 7) is 0. The second kappa shape index (κ2) is 6.79. The van der Waals surface area contributed by atoms with Gasteiger partial charge in [-0.25, -0.2) is 9.78 Å². The van der Waals surface area contributed by atoms with Crippen LogP contribution in [0, 0.1) is 0 Å². The van der Waals surface area contributed by atoms with Crippen molar-refractivity contribution in [1.29, 1.82) is 0 Å². The molecule has 1 aliphatic heterocycles. The minimum absolute atomic E-state index is 0.160. The highest BCUT2D eigenvalue weighted by Gasteiger charge is 2.31. The van der Waals surface area contributed by atoms with E-state index in [0.717, 1.165) is 5.56 Å². The van der Waals surface area contributed by atoms with Gasteiger partial charge >= 0.3 is 5.76 Å². The van der Waals surface area contributed by atoms with Gasteiger partial charge in [-0.2, -0.15) is 4.98 Å². The average molecular weight is 408 g/mol. The monoisotopic (exact) mass is 408 g/mol. The van der Waals surface area contributed by atoms with E-state index in [-0.39, 0.29) is 18.7 Å².